The monoisotopic (exact) mass is 401 g/mol. The van der Waals surface area contributed by atoms with Crippen molar-refractivity contribution in [1.29, 1.82) is 0 Å². The lowest BCUT2D eigenvalue weighted by molar-refractivity contribution is -0.129. The summed E-state index contributed by atoms with van der Waals surface area (Å²) in [7, 11) is 1.03. The topological polar surface area (TPSA) is 125 Å². The van der Waals surface area contributed by atoms with Crippen LogP contribution in [0.15, 0.2) is 24.3 Å². The lowest BCUT2D eigenvalue weighted by Crippen LogP contribution is -2.44. The molecule has 1 aliphatic rings. The van der Waals surface area contributed by atoms with Gasteiger partial charge in [-0.25, -0.2) is 0 Å². The number of carbonyl (C=O) groups excluding carboxylic acids is 3. The lowest BCUT2D eigenvalue weighted by atomic mass is 9.86. The Morgan fingerprint density at radius 3 is 2.59 bits per heavy atom. The maximum absolute atomic E-state index is 12.2. The molecule has 1 aromatic rings. The van der Waals surface area contributed by atoms with Crippen molar-refractivity contribution in [3.8, 4) is 0 Å². The molecule has 8 nitrogen and oxygen atoms in total. The summed E-state index contributed by atoms with van der Waals surface area (Å²) in [6.07, 6.45) is 4.78. The third kappa shape index (κ3) is 7.51. The quantitative estimate of drug-likeness (QED) is 0.310. The summed E-state index contributed by atoms with van der Waals surface area (Å²) in [6.45, 7) is 1.54. The van der Waals surface area contributed by atoms with Crippen molar-refractivity contribution in [2.75, 3.05) is 19.6 Å². The summed E-state index contributed by atoms with van der Waals surface area (Å²) in [5.74, 6) is -0.813. The van der Waals surface area contributed by atoms with Crippen LogP contribution in [-0.4, -0.2) is 60.7 Å². The average molecular weight is 401 g/mol. The van der Waals surface area contributed by atoms with Crippen molar-refractivity contribution in [2.24, 2.45) is 5.73 Å². The number of nitrogens with zero attached hydrogens (tertiary/aromatic N) is 1. The molecule has 9 heteroatoms. The predicted molar refractivity (Wildman–Crippen MR) is 111 cm³/mol. The standard InChI is InChI=1S/C20H30BN4O4/c22-11-3-1-2-6-18(26)23-13-15-7-9-16(10-8-15)20(28)24-14-19(27)25-12-4-5-17(25)21-29/h7-10,17,29H,1-6,11-14,22H2,(H,23,26)(H,24,28). The Bertz CT molecular complexity index is 684. The largest absolute Gasteiger partial charge is 0.452 e. The maximum atomic E-state index is 12.2. The number of hydrogen-bond acceptors (Lipinski definition) is 5. The minimum absolute atomic E-state index is 0.00249. The molecule has 1 aliphatic heterocycles. The van der Waals surface area contributed by atoms with E-state index in [2.05, 4.69) is 10.6 Å². The summed E-state index contributed by atoms with van der Waals surface area (Å²) in [6, 6.07) is 6.90. The molecule has 0 aromatic heterocycles. The van der Waals surface area contributed by atoms with Crippen LogP contribution in [0.3, 0.4) is 0 Å². The highest BCUT2D eigenvalue weighted by atomic mass is 16.2. The minimum atomic E-state index is -0.336. The zero-order valence-electron chi connectivity index (χ0n) is 16.7. The summed E-state index contributed by atoms with van der Waals surface area (Å²) in [5, 5.41) is 14.7. The van der Waals surface area contributed by atoms with E-state index in [4.69, 9.17) is 5.73 Å². The molecule has 1 fully saturated rings. The molecular weight excluding hydrogens is 371 g/mol. The van der Waals surface area contributed by atoms with Gasteiger partial charge in [-0.05, 0) is 49.9 Å². The van der Waals surface area contributed by atoms with Gasteiger partial charge >= 0.3 is 7.48 Å². The van der Waals surface area contributed by atoms with Gasteiger partial charge in [-0.3, -0.25) is 14.4 Å². The number of nitrogens with one attached hydrogen (secondary N) is 2. The fourth-order valence-corrected chi connectivity index (χ4v) is 3.29. The first-order valence-electron chi connectivity index (χ1n) is 10.2. The van der Waals surface area contributed by atoms with Crippen LogP contribution in [-0.2, 0) is 16.1 Å². The summed E-state index contributed by atoms with van der Waals surface area (Å²) in [4.78, 5) is 37.8. The molecule has 5 N–H and O–H groups in total. The molecule has 1 atom stereocenters. The molecule has 157 valence electrons. The number of rotatable bonds is 11. The van der Waals surface area contributed by atoms with Gasteiger partial charge in [0, 0.05) is 31.0 Å². The molecule has 1 saturated heterocycles. The van der Waals surface area contributed by atoms with Gasteiger partial charge in [0.05, 0.1) is 6.54 Å². The Morgan fingerprint density at radius 2 is 1.90 bits per heavy atom. The Morgan fingerprint density at radius 1 is 1.14 bits per heavy atom. The minimum Gasteiger partial charge on any atom is -0.452 e. The van der Waals surface area contributed by atoms with Gasteiger partial charge in [0.1, 0.15) is 0 Å². The first-order chi connectivity index (χ1) is 14.0. The van der Waals surface area contributed by atoms with E-state index in [1.54, 1.807) is 29.2 Å². The normalized spacial score (nSPS) is 15.8. The van der Waals surface area contributed by atoms with Crippen LogP contribution in [0.5, 0.6) is 0 Å². The zero-order valence-corrected chi connectivity index (χ0v) is 16.7. The summed E-state index contributed by atoms with van der Waals surface area (Å²) < 4.78 is 0. The second kappa shape index (κ2) is 12.2. The molecule has 29 heavy (non-hydrogen) atoms. The van der Waals surface area contributed by atoms with Gasteiger partial charge in [-0.15, -0.1) is 0 Å². The van der Waals surface area contributed by atoms with E-state index in [1.165, 1.54) is 0 Å². The van der Waals surface area contributed by atoms with Crippen LogP contribution in [0.25, 0.3) is 0 Å². The molecule has 1 unspecified atom stereocenters. The molecule has 1 radical (unpaired) electrons. The van der Waals surface area contributed by atoms with E-state index >= 15 is 0 Å². The van der Waals surface area contributed by atoms with E-state index in [9.17, 15) is 19.4 Å². The van der Waals surface area contributed by atoms with Crippen molar-refractivity contribution in [1.82, 2.24) is 15.5 Å². The number of carbonyl (C=O) groups is 3. The molecule has 3 amide bonds. The van der Waals surface area contributed by atoms with E-state index in [1.807, 2.05) is 0 Å². The summed E-state index contributed by atoms with van der Waals surface area (Å²) >= 11 is 0. The molecule has 0 spiro atoms. The highest BCUT2D eigenvalue weighted by molar-refractivity contribution is 6.28. The lowest BCUT2D eigenvalue weighted by Gasteiger charge is -2.22. The molecule has 1 aromatic carbocycles. The molecule has 0 aliphatic carbocycles. The number of benzene rings is 1. The van der Waals surface area contributed by atoms with Gasteiger partial charge < -0.3 is 26.3 Å². The first-order valence-corrected chi connectivity index (χ1v) is 10.2. The Hall–Kier alpha value is -2.39. The van der Waals surface area contributed by atoms with Gasteiger partial charge in [0.15, 0.2) is 0 Å². The van der Waals surface area contributed by atoms with Crippen LogP contribution >= 0.6 is 0 Å². The van der Waals surface area contributed by atoms with Crippen molar-refractivity contribution >= 4 is 25.2 Å². The zero-order chi connectivity index (χ0) is 21.1. The van der Waals surface area contributed by atoms with Crippen molar-refractivity contribution in [3.05, 3.63) is 35.4 Å². The predicted octanol–water partition coefficient (Wildman–Crippen LogP) is 0.112. The molecule has 2 rings (SSSR count). The van der Waals surface area contributed by atoms with E-state index in [-0.39, 0.29) is 30.2 Å². The Labute approximate surface area is 172 Å². The summed E-state index contributed by atoms with van der Waals surface area (Å²) in [5.41, 5.74) is 6.77. The highest BCUT2D eigenvalue weighted by Crippen LogP contribution is 2.15. The van der Waals surface area contributed by atoms with E-state index < -0.39 is 0 Å². The van der Waals surface area contributed by atoms with Crippen LogP contribution < -0.4 is 16.4 Å². The van der Waals surface area contributed by atoms with Crippen LogP contribution in [0, 0.1) is 0 Å². The van der Waals surface area contributed by atoms with Crippen LogP contribution in [0.4, 0.5) is 0 Å². The fourth-order valence-electron chi connectivity index (χ4n) is 3.29. The smallest absolute Gasteiger partial charge is 0.312 e. The molecule has 0 bridgehead atoms. The number of amides is 3. The van der Waals surface area contributed by atoms with Crippen molar-refractivity contribution in [3.63, 3.8) is 0 Å². The molecule has 0 saturated carbocycles. The first kappa shape index (κ1) is 22.9. The van der Waals surface area contributed by atoms with Gasteiger partial charge in [0.2, 0.25) is 11.8 Å². The van der Waals surface area contributed by atoms with E-state index in [0.717, 1.165) is 45.1 Å². The van der Waals surface area contributed by atoms with Gasteiger partial charge in [-0.1, -0.05) is 18.6 Å². The van der Waals surface area contributed by atoms with Gasteiger partial charge in [0.25, 0.3) is 5.91 Å². The molecule has 1 heterocycles. The highest BCUT2D eigenvalue weighted by Gasteiger charge is 2.28. The number of unbranched alkanes of at least 4 members (excludes halogenated alkanes) is 2. The number of nitrogens with two attached hydrogens (primary N) is 1. The van der Waals surface area contributed by atoms with Gasteiger partial charge in [-0.2, -0.15) is 0 Å². The van der Waals surface area contributed by atoms with Crippen molar-refractivity contribution in [2.45, 2.75) is 51.0 Å². The SMILES string of the molecule is NCCCCCC(=O)NCc1ccc(C(=O)NCC(=O)N2CCCC2[B]O)cc1. The second-order valence-electron chi connectivity index (χ2n) is 7.20. The Balaban J connectivity index is 1.72. The van der Waals surface area contributed by atoms with Crippen molar-refractivity contribution < 1.29 is 19.4 Å². The third-order valence-electron chi connectivity index (χ3n) is 5.01. The average Bonchev–Trinajstić information content (AvgIpc) is 3.22. The van der Waals surface area contributed by atoms with E-state index in [0.29, 0.717) is 31.6 Å². The second-order valence-corrected chi connectivity index (χ2v) is 7.20. The number of likely N-dealkylation sites (tertiary alicyclic amines) is 1. The third-order valence-corrected chi connectivity index (χ3v) is 5.01. The maximum Gasteiger partial charge on any atom is 0.312 e. The fraction of sp³-hybridized carbons (Fsp3) is 0.550. The van der Waals surface area contributed by atoms with Crippen LogP contribution in [0.1, 0.15) is 54.4 Å². The number of hydrogen-bond donors (Lipinski definition) is 4. The Kier molecular flexibility index (Phi) is 9.66. The molecular formula is C20H30BN4O4. The van der Waals surface area contributed by atoms with Crippen LogP contribution in [0.2, 0.25) is 0 Å².